The predicted octanol–water partition coefficient (Wildman–Crippen LogP) is 3.10. The van der Waals surface area contributed by atoms with E-state index in [0.717, 1.165) is 0 Å². The van der Waals surface area contributed by atoms with E-state index < -0.39 is 11.7 Å². The zero-order valence-corrected chi connectivity index (χ0v) is 14.8. The molecule has 0 radical (unpaired) electrons. The third-order valence-electron chi connectivity index (χ3n) is 3.46. The maximum atomic E-state index is 13.2. The molecule has 134 valence electrons. The molecular weight excluding hydrogens is 382 g/mol. The molecule has 2 aromatic carbocycles. The number of amides is 1. The van der Waals surface area contributed by atoms with Gasteiger partial charge in [-0.2, -0.15) is 0 Å². The fourth-order valence-corrected chi connectivity index (χ4v) is 2.53. The lowest BCUT2D eigenvalue weighted by Crippen LogP contribution is -2.27. The van der Waals surface area contributed by atoms with Gasteiger partial charge >= 0.3 is 0 Å². The van der Waals surface area contributed by atoms with Gasteiger partial charge in [-0.25, -0.2) is 14.1 Å². The number of halogens is 3. The highest BCUT2D eigenvalue weighted by molar-refractivity contribution is 6.42. The first-order valence-electron chi connectivity index (χ1n) is 7.57. The summed E-state index contributed by atoms with van der Waals surface area (Å²) >= 11 is 12.0. The maximum Gasteiger partial charge on any atom is 0.291 e. The molecule has 0 saturated heterocycles. The van der Waals surface area contributed by atoms with Gasteiger partial charge in [0, 0.05) is 12.1 Å². The molecule has 0 unspecified atom stereocenters. The van der Waals surface area contributed by atoms with Crippen LogP contribution in [-0.4, -0.2) is 38.9 Å². The predicted molar refractivity (Wildman–Crippen MR) is 96.2 cm³/mol. The van der Waals surface area contributed by atoms with Crippen molar-refractivity contribution < 1.29 is 14.3 Å². The molecule has 0 bridgehead atoms. The van der Waals surface area contributed by atoms with Crippen LogP contribution >= 0.6 is 23.2 Å². The van der Waals surface area contributed by atoms with Crippen LogP contribution in [0.3, 0.4) is 0 Å². The van der Waals surface area contributed by atoms with E-state index in [1.807, 2.05) is 0 Å². The first kappa shape index (κ1) is 18.3. The summed E-state index contributed by atoms with van der Waals surface area (Å²) in [5.74, 6) is -0.696. The van der Waals surface area contributed by atoms with E-state index in [-0.39, 0.29) is 19.0 Å². The van der Waals surface area contributed by atoms with Crippen LogP contribution in [-0.2, 0) is 0 Å². The van der Waals surface area contributed by atoms with Crippen LogP contribution < -0.4 is 5.32 Å². The van der Waals surface area contributed by atoms with Gasteiger partial charge in [-0.15, -0.1) is 5.10 Å². The third-order valence-corrected chi connectivity index (χ3v) is 4.20. The summed E-state index contributed by atoms with van der Waals surface area (Å²) in [6.45, 7) is -0.129. The summed E-state index contributed by atoms with van der Waals surface area (Å²) < 4.78 is 14.7. The average molecular weight is 395 g/mol. The number of aliphatic hydroxyl groups excluding tert-OH is 1. The Bertz CT molecular complexity index is 944. The molecule has 0 aliphatic heterocycles. The van der Waals surface area contributed by atoms with Gasteiger partial charge in [-0.3, -0.25) is 4.79 Å². The quantitative estimate of drug-likeness (QED) is 0.696. The van der Waals surface area contributed by atoms with Crippen molar-refractivity contribution in [3.8, 4) is 17.1 Å². The molecule has 1 heterocycles. The third kappa shape index (κ3) is 3.85. The van der Waals surface area contributed by atoms with Crippen LogP contribution in [0.1, 0.15) is 10.6 Å². The van der Waals surface area contributed by atoms with Crippen molar-refractivity contribution in [1.82, 2.24) is 20.1 Å². The SMILES string of the molecule is O=C(NCCO)c1nc(-c2ccc(F)cc2)n(-c2ccc(Cl)c(Cl)c2)n1. The monoisotopic (exact) mass is 394 g/mol. The van der Waals surface area contributed by atoms with Crippen LogP contribution in [0.5, 0.6) is 0 Å². The van der Waals surface area contributed by atoms with Gasteiger partial charge in [0.05, 0.1) is 22.3 Å². The summed E-state index contributed by atoms with van der Waals surface area (Å²) in [5.41, 5.74) is 1.10. The summed E-state index contributed by atoms with van der Waals surface area (Å²) in [5, 5.41) is 16.2. The average Bonchev–Trinajstić information content (AvgIpc) is 3.08. The molecule has 0 saturated carbocycles. The zero-order chi connectivity index (χ0) is 18.7. The van der Waals surface area contributed by atoms with Crippen LogP contribution in [0.15, 0.2) is 42.5 Å². The van der Waals surface area contributed by atoms with Crippen LogP contribution in [0.4, 0.5) is 4.39 Å². The molecule has 0 aliphatic carbocycles. The fourth-order valence-electron chi connectivity index (χ4n) is 2.24. The van der Waals surface area contributed by atoms with E-state index in [0.29, 0.717) is 27.1 Å². The van der Waals surface area contributed by atoms with E-state index in [4.69, 9.17) is 28.3 Å². The zero-order valence-electron chi connectivity index (χ0n) is 13.3. The Hall–Kier alpha value is -2.48. The molecule has 2 N–H and O–H groups in total. The molecule has 0 spiro atoms. The highest BCUT2D eigenvalue weighted by Gasteiger charge is 2.19. The number of nitrogens with one attached hydrogen (secondary N) is 1. The minimum absolute atomic E-state index is 0.0754. The highest BCUT2D eigenvalue weighted by atomic mass is 35.5. The van der Waals surface area contributed by atoms with Gasteiger partial charge < -0.3 is 10.4 Å². The number of aromatic nitrogens is 3. The number of rotatable bonds is 5. The maximum absolute atomic E-state index is 13.2. The van der Waals surface area contributed by atoms with Gasteiger partial charge in [-0.1, -0.05) is 23.2 Å². The van der Waals surface area contributed by atoms with Crippen molar-refractivity contribution in [2.75, 3.05) is 13.2 Å². The molecule has 6 nitrogen and oxygen atoms in total. The van der Waals surface area contributed by atoms with E-state index in [1.165, 1.54) is 28.9 Å². The van der Waals surface area contributed by atoms with Crippen molar-refractivity contribution in [2.45, 2.75) is 0 Å². The Morgan fingerprint density at radius 1 is 1.15 bits per heavy atom. The topological polar surface area (TPSA) is 80.0 Å². The number of hydrogen-bond acceptors (Lipinski definition) is 4. The number of aliphatic hydroxyl groups is 1. The van der Waals surface area contributed by atoms with Gasteiger partial charge in [-0.05, 0) is 42.5 Å². The standard InChI is InChI=1S/C17H13Cl2FN4O2/c18-13-6-5-12(9-14(13)19)24-16(10-1-3-11(20)4-2-10)22-15(23-24)17(26)21-7-8-25/h1-6,9,25H,7-8H2,(H,21,26). The van der Waals surface area contributed by atoms with Crippen LogP contribution in [0.25, 0.3) is 17.1 Å². The summed E-state index contributed by atoms with van der Waals surface area (Å²) in [6, 6.07) is 10.5. The van der Waals surface area contributed by atoms with Gasteiger partial charge in [0.1, 0.15) is 5.82 Å². The summed E-state index contributed by atoms with van der Waals surface area (Å²) in [4.78, 5) is 16.4. The van der Waals surface area contributed by atoms with Crippen LogP contribution in [0, 0.1) is 5.82 Å². The van der Waals surface area contributed by atoms with Gasteiger partial charge in [0.15, 0.2) is 5.82 Å². The number of carbonyl (C=O) groups is 1. The van der Waals surface area contributed by atoms with E-state index >= 15 is 0 Å². The second-order valence-corrected chi connectivity index (χ2v) is 6.07. The van der Waals surface area contributed by atoms with Gasteiger partial charge in [0.2, 0.25) is 5.82 Å². The highest BCUT2D eigenvalue weighted by Crippen LogP contribution is 2.27. The normalized spacial score (nSPS) is 10.8. The smallest absolute Gasteiger partial charge is 0.291 e. The first-order chi connectivity index (χ1) is 12.5. The summed E-state index contributed by atoms with van der Waals surface area (Å²) in [6.07, 6.45) is 0. The van der Waals surface area contributed by atoms with Crippen molar-refractivity contribution in [1.29, 1.82) is 0 Å². The van der Waals surface area contributed by atoms with E-state index in [9.17, 15) is 9.18 Å². The van der Waals surface area contributed by atoms with Gasteiger partial charge in [0.25, 0.3) is 5.91 Å². The van der Waals surface area contributed by atoms with E-state index in [2.05, 4.69) is 15.4 Å². The molecule has 1 aromatic heterocycles. The Morgan fingerprint density at radius 2 is 1.88 bits per heavy atom. The second kappa shape index (κ2) is 7.82. The molecule has 0 fully saturated rings. The minimum Gasteiger partial charge on any atom is -0.395 e. The molecule has 3 aromatic rings. The lowest BCUT2D eigenvalue weighted by atomic mass is 10.2. The first-order valence-corrected chi connectivity index (χ1v) is 8.32. The Kier molecular flexibility index (Phi) is 5.51. The molecule has 0 aliphatic rings. The van der Waals surface area contributed by atoms with Crippen LogP contribution in [0.2, 0.25) is 10.0 Å². The Balaban J connectivity index is 2.10. The Morgan fingerprint density at radius 3 is 2.54 bits per heavy atom. The molecule has 1 amide bonds. The second-order valence-electron chi connectivity index (χ2n) is 5.26. The minimum atomic E-state index is -0.541. The van der Waals surface area contributed by atoms with Crippen molar-refractivity contribution in [3.63, 3.8) is 0 Å². The molecular formula is C17H13Cl2FN4O2. The summed E-state index contributed by atoms with van der Waals surface area (Å²) in [7, 11) is 0. The number of hydrogen-bond donors (Lipinski definition) is 2. The number of carbonyl (C=O) groups excluding carboxylic acids is 1. The number of benzene rings is 2. The largest absolute Gasteiger partial charge is 0.395 e. The van der Waals surface area contributed by atoms with Crippen molar-refractivity contribution >= 4 is 29.1 Å². The molecule has 26 heavy (non-hydrogen) atoms. The van der Waals surface area contributed by atoms with Crippen molar-refractivity contribution in [3.05, 3.63) is 64.2 Å². The molecule has 0 atom stereocenters. The number of nitrogens with zero attached hydrogens (tertiary/aromatic N) is 3. The lowest BCUT2D eigenvalue weighted by Gasteiger charge is -2.07. The van der Waals surface area contributed by atoms with E-state index in [1.54, 1.807) is 18.2 Å². The molecule has 9 heteroatoms. The lowest BCUT2D eigenvalue weighted by molar-refractivity contribution is 0.0934. The Labute approximate surface area is 158 Å². The fraction of sp³-hybridized carbons (Fsp3) is 0.118. The van der Waals surface area contributed by atoms with Crippen molar-refractivity contribution in [2.24, 2.45) is 0 Å². The molecule has 3 rings (SSSR count).